The molecule has 0 saturated carbocycles. The average molecular weight is 226 g/mol. The molecule has 1 aliphatic heterocycles. The smallest absolute Gasteiger partial charge is 0.280 e. The van der Waals surface area contributed by atoms with Gasteiger partial charge in [-0.05, 0) is 49.9 Å². The van der Waals surface area contributed by atoms with Crippen molar-refractivity contribution in [1.82, 2.24) is 10.3 Å². The van der Waals surface area contributed by atoms with Crippen molar-refractivity contribution in [2.75, 3.05) is 13.1 Å². The number of aryl methyl sites for hydroxylation is 1. The fourth-order valence-corrected chi connectivity index (χ4v) is 2.21. The first-order chi connectivity index (χ1) is 7.66. The van der Waals surface area contributed by atoms with E-state index in [-0.39, 0.29) is 5.69 Å². The van der Waals surface area contributed by atoms with Crippen LogP contribution in [0, 0.1) is 6.92 Å². The van der Waals surface area contributed by atoms with Crippen LogP contribution in [0.1, 0.15) is 42.1 Å². The van der Waals surface area contributed by atoms with E-state index < -0.39 is 6.43 Å². The lowest BCUT2D eigenvalue weighted by molar-refractivity contribution is 0.145. The van der Waals surface area contributed by atoms with Crippen LogP contribution >= 0.6 is 0 Å². The summed E-state index contributed by atoms with van der Waals surface area (Å²) >= 11 is 0. The van der Waals surface area contributed by atoms with E-state index >= 15 is 0 Å². The molecule has 0 bridgehead atoms. The summed E-state index contributed by atoms with van der Waals surface area (Å²) in [5, 5.41) is 3.29. The fourth-order valence-electron chi connectivity index (χ4n) is 2.21. The highest BCUT2D eigenvalue weighted by Crippen LogP contribution is 2.27. The lowest BCUT2D eigenvalue weighted by Crippen LogP contribution is -2.28. The van der Waals surface area contributed by atoms with Crippen LogP contribution in [0.3, 0.4) is 0 Å². The van der Waals surface area contributed by atoms with Gasteiger partial charge in [0, 0.05) is 12.2 Å². The molecule has 0 spiro atoms. The third kappa shape index (κ3) is 2.55. The molecular formula is C12H16F2N2. The van der Waals surface area contributed by atoms with Gasteiger partial charge in [-0.1, -0.05) is 0 Å². The zero-order valence-corrected chi connectivity index (χ0v) is 9.34. The van der Waals surface area contributed by atoms with Crippen molar-refractivity contribution in [2.45, 2.75) is 32.1 Å². The van der Waals surface area contributed by atoms with E-state index in [4.69, 9.17) is 0 Å². The molecular weight excluding hydrogens is 210 g/mol. The third-order valence-corrected chi connectivity index (χ3v) is 2.99. The predicted molar refractivity (Wildman–Crippen MR) is 58.8 cm³/mol. The van der Waals surface area contributed by atoms with Gasteiger partial charge in [-0.25, -0.2) is 8.78 Å². The van der Waals surface area contributed by atoms with Gasteiger partial charge in [0.2, 0.25) is 0 Å². The Morgan fingerprint density at radius 1 is 1.44 bits per heavy atom. The minimum absolute atomic E-state index is 0.0967. The van der Waals surface area contributed by atoms with Gasteiger partial charge < -0.3 is 5.32 Å². The van der Waals surface area contributed by atoms with Crippen molar-refractivity contribution >= 4 is 0 Å². The van der Waals surface area contributed by atoms with E-state index in [1.807, 2.05) is 6.07 Å². The quantitative estimate of drug-likeness (QED) is 0.838. The van der Waals surface area contributed by atoms with Crippen LogP contribution in [0.25, 0.3) is 0 Å². The zero-order valence-electron chi connectivity index (χ0n) is 9.34. The summed E-state index contributed by atoms with van der Waals surface area (Å²) in [4.78, 5) is 3.86. The summed E-state index contributed by atoms with van der Waals surface area (Å²) in [6.45, 7) is 3.68. The third-order valence-electron chi connectivity index (χ3n) is 2.99. The van der Waals surface area contributed by atoms with Crippen molar-refractivity contribution in [3.8, 4) is 0 Å². The standard InChI is InChI=1S/C12H16F2N2/c1-8-5-10(6-11(16-8)12(13)14)9-3-2-4-15-7-9/h5-6,9,12,15H,2-4,7H2,1H3. The monoisotopic (exact) mass is 226 g/mol. The van der Waals surface area contributed by atoms with Crippen LogP contribution in [-0.4, -0.2) is 18.1 Å². The summed E-state index contributed by atoms with van der Waals surface area (Å²) < 4.78 is 25.2. The van der Waals surface area contributed by atoms with E-state index in [0.717, 1.165) is 31.5 Å². The van der Waals surface area contributed by atoms with Gasteiger partial charge in [-0.3, -0.25) is 4.98 Å². The van der Waals surface area contributed by atoms with Crippen molar-refractivity contribution < 1.29 is 8.78 Å². The maximum Gasteiger partial charge on any atom is 0.280 e. The first-order valence-electron chi connectivity index (χ1n) is 5.64. The molecule has 88 valence electrons. The van der Waals surface area contributed by atoms with Crippen LogP contribution in [0.2, 0.25) is 0 Å². The molecule has 0 amide bonds. The summed E-state index contributed by atoms with van der Waals surface area (Å²) in [6, 6.07) is 3.47. The summed E-state index contributed by atoms with van der Waals surface area (Å²) in [6.07, 6.45) is -0.301. The molecule has 1 atom stereocenters. The summed E-state index contributed by atoms with van der Waals surface area (Å²) in [7, 11) is 0. The second-order valence-corrected chi connectivity index (χ2v) is 4.31. The van der Waals surface area contributed by atoms with Gasteiger partial charge in [0.25, 0.3) is 6.43 Å². The van der Waals surface area contributed by atoms with Gasteiger partial charge >= 0.3 is 0 Å². The molecule has 1 unspecified atom stereocenters. The van der Waals surface area contributed by atoms with Crippen molar-refractivity contribution in [3.05, 3.63) is 29.1 Å². The number of piperidine rings is 1. The molecule has 16 heavy (non-hydrogen) atoms. The second kappa shape index (κ2) is 4.87. The number of nitrogens with zero attached hydrogens (tertiary/aromatic N) is 1. The van der Waals surface area contributed by atoms with E-state index in [1.54, 1.807) is 13.0 Å². The van der Waals surface area contributed by atoms with Crippen LogP contribution < -0.4 is 5.32 Å². The maximum absolute atomic E-state index is 12.6. The van der Waals surface area contributed by atoms with Gasteiger partial charge in [0.15, 0.2) is 0 Å². The summed E-state index contributed by atoms with van der Waals surface area (Å²) in [5.41, 5.74) is 1.58. The first-order valence-corrected chi connectivity index (χ1v) is 5.64. The molecule has 2 nitrogen and oxygen atoms in total. The number of nitrogens with one attached hydrogen (secondary N) is 1. The number of hydrogen-bond donors (Lipinski definition) is 1. The van der Waals surface area contributed by atoms with Crippen molar-refractivity contribution in [1.29, 1.82) is 0 Å². The normalized spacial score (nSPS) is 21.4. The molecule has 1 N–H and O–H groups in total. The molecule has 0 aromatic carbocycles. The molecule has 4 heteroatoms. The Balaban J connectivity index is 2.25. The number of hydrogen-bond acceptors (Lipinski definition) is 2. The number of rotatable bonds is 2. The van der Waals surface area contributed by atoms with Gasteiger partial charge in [-0.15, -0.1) is 0 Å². The Hall–Kier alpha value is -1.03. The SMILES string of the molecule is Cc1cc(C2CCCNC2)cc(C(F)F)n1. The van der Waals surface area contributed by atoms with Crippen molar-refractivity contribution in [2.24, 2.45) is 0 Å². The minimum Gasteiger partial charge on any atom is -0.316 e. The second-order valence-electron chi connectivity index (χ2n) is 4.31. The lowest BCUT2D eigenvalue weighted by atomic mass is 9.91. The Labute approximate surface area is 94.1 Å². The molecule has 0 aliphatic carbocycles. The van der Waals surface area contributed by atoms with Gasteiger partial charge in [0.1, 0.15) is 5.69 Å². The van der Waals surface area contributed by atoms with Gasteiger partial charge in [0.05, 0.1) is 0 Å². The van der Waals surface area contributed by atoms with Crippen LogP contribution in [0.5, 0.6) is 0 Å². The van der Waals surface area contributed by atoms with Crippen molar-refractivity contribution in [3.63, 3.8) is 0 Å². The predicted octanol–water partition coefficient (Wildman–Crippen LogP) is 2.79. The average Bonchev–Trinajstić information content (AvgIpc) is 2.29. The van der Waals surface area contributed by atoms with Crippen LogP contribution in [-0.2, 0) is 0 Å². The molecule has 1 fully saturated rings. The number of pyridine rings is 1. The number of aromatic nitrogens is 1. The first kappa shape index (κ1) is 11.5. The van der Waals surface area contributed by atoms with Gasteiger partial charge in [-0.2, -0.15) is 0 Å². The highest BCUT2D eigenvalue weighted by molar-refractivity contribution is 5.26. The summed E-state index contributed by atoms with van der Waals surface area (Å²) in [5.74, 6) is 0.355. The highest BCUT2D eigenvalue weighted by atomic mass is 19.3. The van der Waals surface area contributed by atoms with E-state index in [1.165, 1.54) is 0 Å². The lowest BCUT2D eigenvalue weighted by Gasteiger charge is -2.23. The van der Waals surface area contributed by atoms with E-state index in [0.29, 0.717) is 11.6 Å². The Morgan fingerprint density at radius 3 is 2.88 bits per heavy atom. The fraction of sp³-hybridized carbons (Fsp3) is 0.583. The largest absolute Gasteiger partial charge is 0.316 e. The molecule has 2 rings (SSSR count). The Kier molecular flexibility index (Phi) is 3.49. The van der Waals surface area contributed by atoms with E-state index in [9.17, 15) is 8.78 Å². The highest BCUT2D eigenvalue weighted by Gasteiger charge is 2.18. The maximum atomic E-state index is 12.6. The molecule has 0 radical (unpaired) electrons. The topological polar surface area (TPSA) is 24.9 Å². The molecule has 2 heterocycles. The van der Waals surface area contributed by atoms with Crippen LogP contribution in [0.4, 0.5) is 8.78 Å². The van der Waals surface area contributed by atoms with Crippen LogP contribution in [0.15, 0.2) is 12.1 Å². The molecule has 1 saturated heterocycles. The van der Waals surface area contributed by atoms with E-state index in [2.05, 4.69) is 10.3 Å². The number of halogens is 2. The molecule has 1 aromatic rings. The Bertz CT molecular complexity index is 360. The molecule has 1 aliphatic rings. The number of alkyl halides is 2. The molecule has 1 aromatic heterocycles. The Morgan fingerprint density at radius 2 is 2.25 bits per heavy atom. The zero-order chi connectivity index (χ0) is 11.5. The minimum atomic E-state index is -2.48.